The standard InChI is InChI=1S/C15H20N4O4S2/c1-10(2)14-9-15(17-16-14)19-25(22,23)13-7-5-12(6-8-13)24(20,21)18-11-3-4-11/h5-11,18H,3-4H2,1-2H3,(H2,16,17,19). The average molecular weight is 384 g/mol. The van der Waals surface area contributed by atoms with Gasteiger partial charge in [0.25, 0.3) is 10.0 Å². The topological polar surface area (TPSA) is 121 Å². The number of sulfonamides is 2. The summed E-state index contributed by atoms with van der Waals surface area (Å²) >= 11 is 0. The summed E-state index contributed by atoms with van der Waals surface area (Å²) in [6, 6.07) is 6.71. The summed E-state index contributed by atoms with van der Waals surface area (Å²) in [6.07, 6.45) is 1.66. The van der Waals surface area contributed by atoms with Gasteiger partial charge in [0.2, 0.25) is 10.0 Å². The van der Waals surface area contributed by atoms with Crippen LogP contribution in [-0.4, -0.2) is 33.1 Å². The molecule has 1 fully saturated rings. The van der Waals surface area contributed by atoms with Crippen LogP contribution in [0.1, 0.15) is 38.3 Å². The minimum atomic E-state index is -3.85. The molecular weight excluding hydrogens is 364 g/mol. The summed E-state index contributed by atoms with van der Waals surface area (Å²) in [5.74, 6) is 0.380. The van der Waals surface area contributed by atoms with Gasteiger partial charge in [-0.1, -0.05) is 13.8 Å². The molecule has 0 spiro atoms. The Morgan fingerprint density at radius 1 is 1.04 bits per heavy atom. The quantitative estimate of drug-likeness (QED) is 0.672. The van der Waals surface area contributed by atoms with Crippen molar-refractivity contribution in [2.45, 2.75) is 48.4 Å². The second kappa shape index (κ2) is 6.43. The number of H-pyrrole nitrogens is 1. The molecule has 136 valence electrons. The van der Waals surface area contributed by atoms with E-state index in [0.29, 0.717) is 0 Å². The molecule has 0 amide bonds. The molecule has 0 atom stereocenters. The van der Waals surface area contributed by atoms with E-state index in [4.69, 9.17) is 0 Å². The predicted octanol–water partition coefficient (Wildman–Crippen LogP) is 1.77. The first-order valence-electron chi connectivity index (χ1n) is 7.88. The maximum absolute atomic E-state index is 12.4. The molecule has 0 radical (unpaired) electrons. The van der Waals surface area contributed by atoms with Gasteiger partial charge in [0.1, 0.15) is 0 Å². The van der Waals surface area contributed by atoms with Crippen molar-refractivity contribution >= 4 is 25.9 Å². The smallest absolute Gasteiger partial charge is 0.263 e. The highest BCUT2D eigenvalue weighted by Gasteiger charge is 2.28. The van der Waals surface area contributed by atoms with Gasteiger partial charge in [0.15, 0.2) is 5.82 Å². The average Bonchev–Trinajstić information content (AvgIpc) is 3.21. The van der Waals surface area contributed by atoms with E-state index in [-0.39, 0.29) is 27.6 Å². The van der Waals surface area contributed by atoms with Crippen LogP contribution in [0.3, 0.4) is 0 Å². The van der Waals surface area contributed by atoms with Crippen molar-refractivity contribution in [3.8, 4) is 0 Å². The Bertz CT molecular complexity index is 959. The van der Waals surface area contributed by atoms with Crippen molar-refractivity contribution in [2.24, 2.45) is 0 Å². The lowest BCUT2D eigenvalue weighted by Crippen LogP contribution is -2.25. The molecule has 1 aliphatic rings. The van der Waals surface area contributed by atoms with E-state index in [2.05, 4.69) is 19.6 Å². The summed E-state index contributed by atoms with van der Waals surface area (Å²) in [5, 5.41) is 6.69. The van der Waals surface area contributed by atoms with Crippen LogP contribution in [0.2, 0.25) is 0 Å². The van der Waals surface area contributed by atoms with Crippen LogP contribution < -0.4 is 9.44 Å². The third-order valence-electron chi connectivity index (χ3n) is 3.80. The molecule has 1 aliphatic carbocycles. The number of hydrogen-bond donors (Lipinski definition) is 3. The van der Waals surface area contributed by atoms with Gasteiger partial charge in [-0.25, -0.2) is 21.6 Å². The van der Waals surface area contributed by atoms with Crippen molar-refractivity contribution in [2.75, 3.05) is 4.72 Å². The van der Waals surface area contributed by atoms with Gasteiger partial charge in [-0.05, 0) is 43.0 Å². The van der Waals surface area contributed by atoms with Gasteiger partial charge in [0.05, 0.1) is 9.79 Å². The van der Waals surface area contributed by atoms with Gasteiger partial charge in [-0.3, -0.25) is 9.82 Å². The zero-order valence-electron chi connectivity index (χ0n) is 13.9. The molecule has 1 aromatic heterocycles. The number of aromatic amines is 1. The lowest BCUT2D eigenvalue weighted by atomic mass is 10.1. The third kappa shape index (κ3) is 4.20. The highest BCUT2D eigenvalue weighted by atomic mass is 32.2. The number of benzene rings is 1. The second-order valence-electron chi connectivity index (χ2n) is 6.34. The zero-order valence-corrected chi connectivity index (χ0v) is 15.5. The normalized spacial score (nSPS) is 15.5. The van der Waals surface area contributed by atoms with Gasteiger partial charge in [-0.2, -0.15) is 5.10 Å². The Hall–Kier alpha value is -1.91. The van der Waals surface area contributed by atoms with Crippen molar-refractivity contribution in [3.05, 3.63) is 36.0 Å². The zero-order chi connectivity index (χ0) is 18.2. The van der Waals surface area contributed by atoms with E-state index in [1.807, 2.05) is 13.8 Å². The minimum absolute atomic E-state index is 0.00936. The fourth-order valence-electron chi connectivity index (χ4n) is 2.17. The summed E-state index contributed by atoms with van der Waals surface area (Å²) in [6.45, 7) is 3.92. The Kier molecular flexibility index (Phi) is 4.60. The van der Waals surface area contributed by atoms with E-state index in [9.17, 15) is 16.8 Å². The molecule has 3 N–H and O–H groups in total. The van der Waals surface area contributed by atoms with Crippen molar-refractivity contribution in [3.63, 3.8) is 0 Å². The maximum Gasteiger partial charge on any atom is 0.263 e. The van der Waals surface area contributed by atoms with Crippen molar-refractivity contribution < 1.29 is 16.8 Å². The molecule has 1 saturated carbocycles. The predicted molar refractivity (Wildman–Crippen MR) is 93.3 cm³/mol. The molecule has 10 heteroatoms. The fourth-order valence-corrected chi connectivity index (χ4v) is 4.46. The first kappa shape index (κ1) is 17.9. The van der Waals surface area contributed by atoms with Gasteiger partial charge < -0.3 is 0 Å². The monoisotopic (exact) mass is 384 g/mol. The lowest BCUT2D eigenvalue weighted by molar-refractivity contribution is 0.580. The number of nitrogens with zero attached hydrogens (tertiary/aromatic N) is 1. The molecular formula is C15H20N4O4S2. The summed E-state index contributed by atoms with van der Waals surface area (Å²) in [7, 11) is -7.45. The van der Waals surface area contributed by atoms with Crippen LogP contribution in [0.15, 0.2) is 40.1 Å². The van der Waals surface area contributed by atoms with E-state index in [0.717, 1.165) is 18.5 Å². The lowest BCUT2D eigenvalue weighted by Gasteiger charge is -2.08. The van der Waals surface area contributed by atoms with Crippen LogP contribution in [0, 0.1) is 0 Å². The first-order chi connectivity index (χ1) is 11.7. The van der Waals surface area contributed by atoms with Crippen LogP contribution in [0.4, 0.5) is 5.82 Å². The second-order valence-corrected chi connectivity index (χ2v) is 9.73. The Morgan fingerprint density at radius 2 is 1.60 bits per heavy atom. The summed E-state index contributed by atoms with van der Waals surface area (Å²) in [4.78, 5) is 0.00665. The third-order valence-corrected chi connectivity index (χ3v) is 6.71. The summed E-state index contributed by atoms with van der Waals surface area (Å²) in [5.41, 5.74) is 0.810. The molecule has 0 bridgehead atoms. The largest absolute Gasteiger partial charge is 0.280 e. The van der Waals surface area contributed by atoms with Crippen molar-refractivity contribution in [1.82, 2.24) is 14.9 Å². The molecule has 0 aliphatic heterocycles. The number of rotatable bonds is 7. The minimum Gasteiger partial charge on any atom is -0.280 e. The van der Waals surface area contributed by atoms with Gasteiger partial charge >= 0.3 is 0 Å². The van der Waals surface area contributed by atoms with E-state index < -0.39 is 20.0 Å². The van der Waals surface area contributed by atoms with Crippen LogP contribution >= 0.6 is 0 Å². The highest BCUT2D eigenvalue weighted by molar-refractivity contribution is 7.92. The number of aromatic nitrogens is 2. The maximum atomic E-state index is 12.4. The van der Waals surface area contributed by atoms with E-state index in [1.165, 1.54) is 24.3 Å². The Labute approximate surface area is 147 Å². The van der Waals surface area contributed by atoms with Gasteiger partial charge in [0, 0.05) is 17.8 Å². The molecule has 1 heterocycles. The molecule has 2 aromatic rings. The van der Waals surface area contributed by atoms with Crippen LogP contribution in [-0.2, 0) is 20.0 Å². The van der Waals surface area contributed by atoms with Gasteiger partial charge in [-0.15, -0.1) is 0 Å². The Balaban J connectivity index is 1.77. The molecule has 1 aromatic carbocycles. The molecule has 3 rings (SSSR count). The molecule has 8 nitrogen and oxygen atoms in total. The number of anilines is 1. The van der Waals surface area contributed by atoms with E-state index >= 15 is 0 Å². The number of hydrogen-bond acceptors (Lipinski definition) is 5. The molecule has 25 heavy (non-hydrogen) atoms. The summed E-state index contributed by atoms with van der Waals surface area (Å²) < 4.78 is 53.9. The Morgan fingerprint density at radius 3 is 2.08 bits per heavy atom. The fraction of sp³-hybridized carbons (Fsp3) is 0.400. The van der Waals surface area contributed by atoms with Crippen LogP contribution in [0.5, 0.6) is 0 Å². The number of nitrogens with one attached hydrogen (secondary N) is 3. The molecule has 0 unspecified atom stereocenters. The first-order valence-corrected chi connectivity index (χ1v) is 10.8. The SMILES string of the molecule is CC(C)c1cc(NS(=O)(=O)c2ccc(S(=O)(=O)NC3CC3)cc2)n[nH]1. The van der Waals surface area contributed by atoms with E-state index in [1.54, 1.807) is 6.07 Å². The highest BCUT2D eigenvalue weighted by Crippen LogP contribution is 2.23. The van der Waals surface area contributed by atoms with Crippen LogP contribution in [0.25, 0.3) is 0 Å². The van der Waals surface area contributed by atoms with Crippen molar-refractivity contribution in [1.29, 1.82) is 0 Å². The molecule has 0 saturated heterocycles.